The molecule has 2 N–H and O–H groups in total. The first-order valence-electron chi connectivity index (χ1n) is 8.01. The molecule has 110 valence electrons. The molecule has 0 amide bonds. The molecule has 3 unspecified atom stereocenters. The molecule has 0 bridgehead atoms. The van der Waals surface area contributed by atoms with Gasteiger partial charge in [-0.2, -0.15) is 0 Å². The van der Waals surface area contributed by atoms with E-state index in [1.807, 2.05) is 12.1 Å². The topological polar surface area (TPSA) is 33.3 Å². The first-order chi connectivity index (χ1) is 9.86. The molecule has 0 aromatic heterocycles. The van der Waals surface area contributed by atoms with E-state index < -0.39 is 0 Å². The Morgan fingerprint density at radius 3 is 2.55 bits per heavy atom. The highest BCUT2D eigenvalue weighted by Gasteiger charge is 2.33. The van der Waals surface area contributed by atoms with Crippen LogP contribution in [0.4, 0.5) is 5.69 Å². The van der Waals surface area contributed by atoms with Crippen molar-refractivity contribution in [2.45, 2.75) is 50.6 Å². The van der Waals surface area contributed by atoms with Crippen LogP contribution in [0.2, 0.25) is 0 Å². The van der Waals surface area contributed by atoms with Gasteiger partial charge in [-0.25, -0.2) is 0 Å². The minimum atomic E-state index is 0.618. The second-order valence-electron chi connectivity index (χ2n) is 6.13. The SMILES string of the molecule is COc1ccc(NC2CCCCC2C2CCCN2)cc1. The molecule has 3 nitrogen and oxygen atoms in total. The Labute approximate surface area is 122 Å². The van der Waals surface area contributed by atoms with E-state index in [1.165, 1.54) is 50.8 Å². The van der Waals surface area contributed by atoms with Gasteiger partial charge in [-0.3, -0.25) is 0 Å². The van der Waals surface area contributed by atoms with Gasteiger partial charge in [-0.05, 0) is 62.4 Å². The van der Waals surface area contributed by atoms with Gasteiger partial charge in [0.1, 0.15) is 5.75 Å². The lowest BCUT2D eigenvalue weighted by Crippen LogP contribution is -2.43. The fourth-order valence-corrected chi connectivity index (χ4v) is 3.80. The molecule has 2 aliphatic rings. The van der Waals surface area contributed by atoms with Crippen molar-refractivity contribution in [1.29, 1.82) is 0 Å². The quantitative estimate of drug-likeness (QED) is 0.882. The van der Waals surface area contributed by atoms with Crippen LogP contribution in [0, 0.1) is 5.92 Å². The maximum absolute atomic E-state index is 5.22. The molecule has 3 atom stereocenters. The molecule has 1 aliphatic heterocycles. The summed E-state index contributed by atoms with van der Waals surface area (Å²) in [5.41, 5.74) is 1.22. The van der Waals surface area contributed by atoms with E-state index in [0.717, 1.165) is 17.7 Å². The number of anilines is 1. The van der Waals surface area contributed by atoms with Crippen LogP contribution >= 0.6 is 0 Å². The van der Waals surface area contributed by atoms with Gasteiger partial charge in [0, 0.05) is 17.8 Å². The standard InChI is InChI=1S/C17H26N2O/c1-20-14-10-8-13(9-11-14)19-17-6-3-2-5-15(17)16-7-4-12-18-16/h8-11,15-19H,2-7,12H2,1H3. The van der Waals surface area contributed by atoms with Crippen LogP contribution in [0.15, 0.2) is 24.3 Å². The maximum atomic E-state index is 5.22. The Balaban J connectivity index is 1.66. The molecule has 20 heavy (non-hydrogen) atoms. The van der Waals surface area contributed by atoms with Crippen LogP contribution in [0.1, 0.15) is 38.5 Å². The minimum absolute atomic E-state index is 0.618. The van der Waals surface area contributed by atoms with Gasteiger partial charge in [0.2, 0.25) is 0 Å². The predicted octanol–water partition coefficient (Wildman–Crippen LogP) is 3.42. The third-order valence-electron chi connectivity index (χ3n) is 4.88. The maximum Gasteiger partial charge on any atom is 0.119 e. The summed E-state index contributed by atoms with van der Waals surface area (Å²) >= 11 is 0. The summed E-state index contributed by atoms with van der Waals surface area (Å²) in [5.74, 6) is 1.71. The molecule has 0 spiro atoms. The molecule has 0 radical (unpaired) electrons. The van der Waals surface area contributed by atoms with E-state index in [2.05, 4.69) is 22.8 Å². The highest BCUT2D eigenvalue weighted by molar-refractivity contribution is 5.47. The number of ether oxygens (including phenoxy) is 1. The number of rotatable bonds is 4. The first-order valence-corrected chi connectivity index (χ1v) is 8.01. The molecule has 1 saturated carbocycles. The summed E-state index contributed by atoms with van der Waals surface area (Å²) in [4.78, 5) is 0. The molecule has 1 aliphatic carbocycles. The van der Waals surface area contributed by atoms with Gasteiger partial charge in [-0.1, -0.05) is 12.8 Å². The summed E-state index contributed by atoms with van der Waals surface area (Å²) in [5, 5.41) is 7.46. The molecular weight excluding hydrogens is 248 g/mol. The third-order valence-corrected chi connectivity index (χ3v) is 4.88. The van der Waals surface area contributed by atoms with E-state index in [9.17, 15) is 0 Å². The highest BCUT2D eigenvalue weighted by atomic mass is 16.5. The van der Waals surface area contributed by atoms with Crippen molar-refractivity contribution in [2.24, 2.45) is 5.92 Å². The largest absolute Gasteiger partial charge is 0.497 e. The number of methoxy groups -OCH3 is 1. The summed E-state index contributed by atoms with van der Waals surface area (Å²) in [6.07, 6.45) is 8.11. The summed E-state index contributed by atoms with van der Waals surface area (Å²) in [6, 6.07) is 9.68. The van der Waals surface area contributed by atoms with E-state index in [4.69, 9.17) is 4.74 Å². The van der Waals surface area contributed by atoms with Crippen LogP contribution in [-0.2, 0) is 0 Å². The van der Waals surface area contributed by atoms with Gasteiger partial charge < -0.3 is 15.4 Å². The van der Waals surface area contributed by atoms with Crippen LogP contribution in [-0.4, -0.2) is 25.7 Å². The Bertz CT molecular complexity index is 412. The second kappa shape index (κ2) is 6.49. The number of benzene rings is 1. The van der Waals surface area contributed by atoms with Crippen molar-refractivity contribution in [2.75, 3.05) is 19.0 Å². The van der Waals surface area contributed by atoms with Gasteiger partial charge in [0.05, 0.1) is 7.11 Å². The van der Waals surface area contributed by atoms with E-state index >= 15 is 0 Å². The Morgan fingerprint density at radius 2 is 1.85 bits per heavy atom. The molecule has 2 fully saturated rings. The zero-order valence-electron chi connectivity index (χ0n) is 12.4. The average Bonchev–Trinajstić information content (AvgIpc) is 3.03. The number of nitrogens with one attached hydrogen (secondary N) is 2. The summed E-state index contributed by atoms with van der Waals surface area (Å²) in [7, 11) is 1.71. The van der Waals surface area contributed by atoms with Crippen molar-refractivity contribution < 1.29 is 4.74 Å². The van der Waals surface area contributed by atoms with Crippen molar-refractivity contribution in [3.05, 3.63) is 24.3 Å². The summed E-state index contributed by atoms with van der Waals surface area (Å²) in [6.45, 7) is 1.20. The van der Waals surface area contributed by atoms with Crippen LogP contribution in [0.5, 0.6) is 5.75 Å². The highest BCUT2D eigenvalue weighted by Crippen LogP contribution is 2.32. The van der Waals surface area contributed by atoms with Crippen LogP contribution in [0.3, 0.4) is 0 Å². The van der Waals surface area contributed by atoms with Crippen LogP contribution < -0.4 is 15.4 Å². The van der Waals surface area contributed by atoms with Crippen molar-refractivity contribution in [1.82, 2.24) is 5.32 Å². The Hall–Kier alpha value is -1.22. The summed E-state index contributed by atoms with van der Waals surface area (Å²) < 4.78 is 5.22. The van der Waals surface area contributed by atoms with Crippen LogP contribution in [0.25, 0.3) is 0 Å². The zero-order valence-corrected chi connectivity index (χ0v) is 12.4. The van der Waals surface area contributed by atoms with Gasteiger partial charge in [0.15, 0.2) is 0 Å². The molecule has 3 rings (SSSR count). The monoisotopic (exact) mass is 274 g/mol. The second-order valence-corrected chi connectivity index (χ2v) is 6.13. The van der Waals surface area contributed by atoms with Crippen molar-refractivity contribution >= 4 is 5.69 Å². The van der Waals surface area contributed by atoms with E-state index in [1.54, 1.807) is 7.11 Å². The molecule has 1 heterocycles. The Morgan fingerprint density at radius 1 is 1.05 bits per heavy atom. The fraction of sp³-hybridized carbons (Fsp3) is 0.647. The Kier molecular flexibility index (Phi) is 4.46. The molecule has 1 aromatic rings. The lowest BCUT2D eigenvalue weighted by atomic mass is 9.79. The minimum Gasteiger partial charge on any atom is -0.497 e. The molecular formula is C17H26N2O. The van der Waals surface area contributed by atoms with Crippen molar-refractivity contribution in [3.8, 4) is 5.75 Å². The van der Waals surface area contributed by atoms with Gasteiger partial charge in [-0.15, -0.1) is 0 Å². The van der Waals surface area contributed by atoms with Crippen molar-refractivity contribution in [3.63, 3.8) is 0 Å². The third kappa shape index (κ3) is 3.09. The molecule has 3 heteroatoms. The normalized spacial score (nSPS) is 30.1. The lowest BCUT2D eigenvalue weighted by Gasteiger charge is -2.36. The lowest BCUT2D eigenvalue weighted by molar-refractivity contribution is 0.263. The predicted molar refractivity (Wildman–Crippen MR) is 83.4 cm³/mol. The molecule has 1 aromatic carbocycles. The fourth-order valence-electron chi connectivity index (χ4n) is 3.80. The zero-order chi connectivity index (χ0) is 13.8. The average molecular weight is 274 g/mol. The number of hydrogen-bond acceptors (Lipinski definition) is 3. The molecule has 1 saturated heterocycles. The van der Waals surface area contributed by atoms with Gasteiger partial charge >= 0.3 is 0 Å². The van der Waals surface area contributed by atoms with E-state index in [-0.39, 0.29) is 0 Å². The smallest absolute Gasteiger partial charge is 0.119 e. The van der Waals surface area contributed by atoms with E-state index in [0.29, 0.717) is 6.04 Å². The van der Waals surface area contributed by atoms with Gasteiger partial charge in [0.25, 0.3) is 0 Å². The first kappa shape index (κ1) is 13.7. The number of hydrogen-bond donors (Lipinski definition) is 2.